The highest BCUT2D eigenvalue weighted by atomic mass is 32.1. The number of H-pyrrole nitrogens is 1. The molecule has 0 spiro atoms. The maximum atomic E-state index is 12.5. The number of hydrogen-bond donors (Lipinski definition) is 2. The number of hydrogen-bond acceptors (Lipinski definition) is 3. The summed E-state index contributed by atoms with van der Waals surface area (Å²) in [6.45, 7) is 0. The van der Waals surface area contributed by atoms with Gasteiger partial charge in [0.2, 0.25) is 0 Å². The second-order valence-electron chi connectivity index (χ2n) is 5.64. The summed E-state index contributed by atoms with van der Waals surface area (Å²) < 4.78 is 4.18. The van der Waals surface area contributed by atoms with E-state index in [0.29, 0.717) is 16.0 Å². The molecule has 0 atom stereocenters. The first-order valence-corrected chi connectivity index (χ1v) is 8.39. The molecule has 0 unspecified atom stereocenters. The smallest absolute Gasteiger partial charge is 0.255 e. The monoisotopic (exact) mass is 361 g/mol. The average molecular weight is 361 g/mol. The summed E-state index contributed by atoms with van der Waals surface area (Å²) in [5, 5.41) is 7.09. The van der Waals surface area contributed by atoms with Crippen LogP contribution in [0.5, 0.6) is 0 Å². The summed E-state index contributed by atoms with van der Waals surface area (Å²) in [5.41, 5.74) is 3.05. The molecular weight excluding hydrogens is 346 g/mol. The highest BCUT2D eigenvalue weighted by Crippen LogP contribution is 2.17. The number of nitrogens with one attached hydrogen (secondary N) is 2. The van der Waals surface area contributed by atoms with E-state index in [0.717, 1.165) is 11.4 Å². The van der Waals surface area contributed by atoms with E-state index in [4.69, 9.17) is 12.2 Å². The minimum Gasteiger partial charge on any atom is -0.337 e. The molecule has 2 aromatic carbocycles. The maximum absolute atomic E-state index is 12.5. The van der Waals surface area contributed by atoms with Crippen LogP contribution < -0.4 is 5.32 Å². The van der Waals surface area contributed by atoms with Gasteiger partial charge in [-0.05, 0) is 60.7 Å². The Balaban J connectivity index is 1.53. The van der Waals surface area contributed by atoms with Crippen LogP contribution in [0.25, 0.3) is 11.4 Å². The summed E-state index contributed by atoms with van der Waals surface area (Å²) in [5.74, 6) is -0.174. The second-order valence-corrected chi connectivity index (χ2v) is 6.02. The Morgan fingerprint density at radius 3 is 2.58 bits per heavy atom. The Bertz CT molecular complexity index is 1090. The van der Waals surface area contributed by atoms with Crippen molar-refractivity contribution < 1.29 is 4.79 Å². The molecule has 2 aromatic heterocycles. The lowest BCUT2D eigenvalue weighted by atomic mass is 10.2. The fraction of sp³-hybridized carbons (Fsp3) is 0. The topological polar surface area (TPSA) is 67.6 Å². The Morgan fingerprint density at radius 1 is 1.04 bits per heavy atom. The molecule has 26 heavy (non-hydrogen) atoms. The van der Waals surface area contributed by atoms with E-state index in [1.807, 2.05) is 59.4 Å². The van der Waals surface area contributed by atoms with Crippen molar-refractivity contribution in [1.29, 1.82) is 0 Å². The van der Waals surface area contributed by atoms with Gasteiger partial charge in [-0.3, -0.25) is 9.36 Å². The number of aromatic amines is 1. The molecule has 0 aliphatic heterocycles. The minimum atomic E-state index is -0.174. The van der Waals surface area contributed by atoms with Crippen molar-refractivity contribution in [2.45, 2.75) is 0 Å². The van der Waals surface area contributed by atoms with Gasteiger partial charge in [0.15, 0.2) is 4.77 Å². The second kappa shape index (κ2) is 6.81. The number of aromatic nitrogens is 4. The first-order valence-electron chi connectivity index (χ1n) is 7.99. The van der Waals surface area contributed by atoms with E-state index >= 15 is 0 Å². The SMILES string of the molecule is O=C(Nc1cccc(-n2cc[nH]c2=S)c1)c1ccc(-n2cccn2)cc1. The van der Waals surface area contributed by atoms with Crippen LogP contribution in [0.1, 0.15) is 10.4 Å². The van der Waals surface area contributed by atoms with Gasteiger partial charge in [0.05, 0.1) is 5.69 Å². The van der Waals surface area contributed by atoms with Crippen LogP contribution in [-0.4, -0.2) is 25.2 Å². The zero-order valence-electron chi connectivity index (χ0n) is 13.7. The molecule has 0 saturated heterocycles. The van der Waals surface area contributed by atoms with E-state index in [1.54, 1.807) is 29.2 Å². The third-order valence-electron chi connectivity index (χ3n) is 3.93. The van der Waals surface area contributed by atoms with E-state index in [9.17, 15) is 4.79 Å². The lowest BCUT2D eigenvalue weighted by Crippen LogP contribution is -2.12. The zero-order chi connectivity index (χ0) is 17.9. The number of rotatable bonds is 4. The largest absolute Gasteiger partial charge is 0.337 e. The lowest BCUT2D eigenvalue weighted by Gasteiger charge is -2.09. The molecule has 1 amide bonds. The van der Waals surface area contributed by atoms with Crippen molar-refractivity contribution in [3.8, 4) is 11.4 Å². The summed E-state index contributed by atoms with van der Waals surface area (Å²) in [4.78, 5) is 15.5. The molecule has 2 N–H and O–H groups in total. The fourth-order valence-electron chi connectivity index (χ4n) is 2.65. The van der Waals surface area contributed by atoms with Crippen molar-refractivity contribution in [1.82, 2.24) is 19.3 Å². The predicted molar refractivity (Wildman–Crippen MR) is 102 cm³/mol. The molecule has 0 radical (unpaired) electrons. The van der Waals surface area contributed by atoms with Gasteiger partial charge in [-0.25, -0.2) is 4.68 Å². The number of carbonyl (C=O) groups is 1. The number of carbonyl (C=O) groups excluding carboxylic acids is 1. The number of nitrogens with zero attached hydrogens (tertiary/aromatic N) is 3. The molecule has 2 heterocycles. The van der Waals surface area contributed by atoms with Crippen LogP contribution in [0.15, 0.2) is 79.4 Å². The standard InChI is InChI=1S/C19H15N5OS/c25-18(14-5-7-16(8-6-14)24-11-2-9-21-24)22-15-3-1-4-17(13-15)23-12-10-20-19(23)26/h1-13H,(H,20,26)(H,22,25). The number of imidazole rings is 1. The highest BCUT2D eigenvalue weighted by Gasteiger charge is 2.08. The van der Waals surface area contributed by atoms with Crippen LogP contribution in [0, 0.1) is 4.77 Å². The summed E-state index contributed by atoms with van der Waals surface area (Å²) in [6, 6.07) is 16.6. The quantitative estimate of drug-likeness (QED) is 0.541. The normalized spacial score (nSPS) is 10.6. The molecule has 4 rings (SSSR count). The van der Waals surface area contributed by atoms with Gasteiger partial charge in [0, 0.05) is 41.7 Å². The molecule has 0 aliphatic rings. The Labute approximate surface area is 154 Å². The first-order chi connectivity index (χ1) is 12.7. The van der Waals surface area contributed by atoms with Crippen molar-refractivity contribution >= 4 is 23.8 Å². The Morgan fingerprint density at radius 2 is 1.88 bits per heavy atom. The number of benzene rings is 2. The van der Waals surface area contributed by atoms with Gasteiger partial charge < -0.3 is 10.3 Å². The van der Waals surface area contributed by atoms with Gasteiger partial charge in [0.25, 0.3) is 5.91 Å². The van der Waals surface area contributed by atoms with Crippen LogP contribution in [0.3, 0.4) is 0 Å². The minimum absolute atomic E-state index is 0.174. The molecule has 7 heteroatoms. The van der Waals surface area contributed by atoms with Crippen LogP contribution in [0.4, 0.5) is 5.69 Å². The van der Waals surface area contributed by atoms with Gasteiger partial charge >= 0.3 is 0 Å². The fourth-order valence-corrected chi connectivity index (χ4v) is 2.88. The van der Waals surface area contributed by atoms with Gasteiger partial charge in [0.1, 0.15) is 0 Å². The van der Waals surface area contributed by atoms with Gasteiger partial charge in [-0.15, -0.1) is 0 Å². The van der Waals surface area contributed by atoms with Crippen LogP contribution >= 0.6 is 12.2 Å². The molecule has 128 valence electrons. The number of anilines is 1. The van der Waals surface area contributed by atoms with Gasteiger partial charge in [-0.1, -0.05) is 6.07 Å². The van der Waals surface area contributed by atoms with Crippen molar-refractivity contribution in [3.63, 3.8) is 0 Å². The summed E-state index contributed by atoms with van der Waals surface area (Å²) >= 11 is 5.23. The first kappa shape index (κ1) is 16.0. The molecule has 6 nitrogen and oxygen atoms in total. The molecule has 0 fully saturated rings. The van der Waals surface area contributed by atoms with Gasteiger partial charge in [-0.2, -0.15) is 5.10 Å². The van der Waals surface area contributed by atoms with Crippen LogP contribution in [0.2, 0.25) is 0 Å². The molecular formula is C19H15N5OS. The summed E-state index contributed by atoms with van der Waals surface area (Å²) in [7, 11) is 0. The highest BCUT2D eigenvalue weighted by molar-refractivity contribution is 7.71. The van der Waals surface area contributed by atoms with Crippen molar-refractivity contribution in [3.05, 3.63) is 89.7 Å². The predicted octanol–water partition coefficient (Wildman–Crippen LogP) is 3.97. The van der Waals surface area contributed by atoms with E-state index < -0.39 is 0 Å². The zero-order valence-corrected chi connectivity index (χ0v) is 14.5. The van der Waals surface area contributed by atoms with E-state index in [2.05, 4.69) is 15.4 Å². The number of amides is 1. The maximum Gasteiger partial charge on any atom is 0.255 e. The van der Waals surface area contributed by atoms with E-state index in [-0.39, 0.29) is 5.91 Å². The average Bonchev–Trinajstić information content (AvgIpc) is 3.34. The van der Waals surface area contributed by atoms with Crippen molar-refractivity contribution in [2.75, 3.05) is 5.32 Å². The molecule has 0 aliphatic carbocycles. The third-order valence-corrected chi connectivity index (χ3v) is 4.24. The lowest BCUT2D eigenvalue weighted by molar-refractivity contribution is 0.102. The Kier molecular flexibility index (Phi) is 4.20. The third kappa shape index (κ3) is 3.20. The summed E-state index contributed by atoms with van der Waals surface area (Å²) in [6.07, 6.45) is 7.18. The molecule has 0 saturated carbocycles. The molecule has 4 aromatic rings. The Hall–Kier alpha value is -3.45. The van der Waals surface area contributed by atoms with E-state index in [1.165, 1.54) is 0 Å². The van der Waals surface area contributed by atoms with Crippen molar-refractivity contribution in [2.24, 2.45) is 0 Å². The molecule has 0 bridgehead atoms. The van der Waals surface area contributed by atoms with Crippen LogP contribution in [-0.2, 0) is 0 Å².